The second-order valence-corrected chi connectivity index (χ2v) is 5.62. The summed E-state index contributed by atoms with van der Waals surface area (Å²) in [7, 11) is 0. The Bertz CT molecular complexity index is 500. The van der Waals surface area contributed by atoms with Crippen LogP contribution in [0.25, 0.3) is 0 Å². The van der Waals surface area contributed by atoms with Crippen molar-refractivity contribution >= 4 is 0 Å². The van der Waals surface area contributed by atoms with Crippen molar-refractivity contribution in [2.45, 2.75) is 24.9 Å². The summed E-state index contributed by atoms with van der Waals surface area (Å²) in [5, 5.41) is 7.15. The van der Waals surface area contributed by atoms with E-state index in [1.807, 2.05) is 30.6 Å². The van der Waals surface area contributed by atoms with Crippen LogP contribution >= 0.6 is 0 Å². The highest BCUT2D eigenvalue weighted by molar-refractivity contribution is 5.15. The zero-order valence-electron chi connectivity index (χ0n) is 12.6. The van der Waals surface area contributed by atoms with Gasteiger partial charge in [-0.3, -0.25) is 9.97 Å². The highest BCUT2D eigenvalue weighted by Gasteiger charge is 2.20. The minimum Gasteiger partial charge on any atom is -0.490 e. The molecule has 2 aromatic rings. The van der Waals surface area contributed by atoms with Crippen LogP contribution in [0.3, 0.4) is 0 Å². The molecule has 1 saturated heterocycles. The summed E-state index contributed by atoms with van der Waals surface area (Å²) in [6.45, 7) is 2.59. The summed E-state index contributed by atoms with van der Waals surface area (Å²) < 4.78 is 5.78. The highest BCUT2D eigenvalue weighted by Crippen LogP contribution is 2.09. The van der Waals surface area contributed by atoms with Crippen molar-refractivity contribution in [1.29, 1.82) is 0 Å². The van der Waals surface area contributed by atoms with Gasteiger partial charge < -0.3 is 15.4 Å². The molecule has 2 unspecified atom stereocenters. The number of rotatable bonds is 6. The van der Waals surface area contributed by atoms with Crippen molar-refractivity contribution in [2.75, 3.05) is 19.7 Å². The first kappa shape index (κ1) is 14.9. The van der Waals surface area contributed by atoms with E-state index in [0.717, 1.165) is 31.7 Å². The Hall–Kier alpha value is -1.98. The number of hydrogen-bond donors (Lipinski definition) is 2. The zero-order valence-corrected chi connectivity index (χ0v) is 12.6. The van der Waals surface area contributed by atoms with Crippen LogP contribution in [0, 0.1) is 0 Å². The quantitative estimate of drug-likeness (QED) is 0.844. The fourth-order valence-corrected chi connectivity index (χ4v) is 2.69. The molecule has 0 bridgehead atoms. The van der Waals surface area contributed by atoms with Crippen LogP contribution in [0.15, 0.2) is 49.1 Å². The molecule has 3 rings (SSSR count). The lowest BCUT2D eigenvalue weighted by atomic mass is 10.0. The number of ether oxygens (including phenoxy) is 1. The maximum Gasteiger partial charge on any atom is 0.137 e. The molecule has 1 aliphatic rings. The predicted molar refractivity (Wildman–Crippen MR) is 85.9 cm³/mol. The molecule has 0 aliphatic carbocycles. The maximum atomic E-state index is 5.78. The molecule has 1 aliphatic heterocycles. The van der Waals surface area contributed by atoms with Crippen LogP contribution in [0.1, 0.15) is 12.0 Å². The molecule has 2 aromatic heterocycles. The molecule has 2 N–H and O–H groups in total. The van der Waals surface area contributed by atoms with Gasteiger partial charge in [0.2, 0.25) is 0 Å². The molecule has 5 heteroatoms. The minimum atomic E-state index is 0.327. The lowest BCUT2D eigenvalue weighted by Crippen LogP contribution is -2.56. The fraction of sp³-hybridized carbons (Fsp3) is 0.412. The number of aromatic nitrogens is 2. The molecule has 0 amide bonds. The minimum absolute atomic E-state index is 0.327. The molecule has 2 atom stereocenters. The van der Waals surface area contributed by atoms with Crippen molar-refractivity contribution in [2.24, 2.45) is 0 Å². The standard InChI is InChI=1S/C17H22N4O/c1-3-14(9-18-7-1)5-6-15-10-20-11-16(21-15)13-22-17-4-2-8-19-12-17/h1-4,7-9,12,15-16,20-21H,5-6,10-11,13H2. The first-order valence-electron chi connectivity index (χ1n) is 7.78. The number of pyridine rings is 2. The highest BCUT2D eigenvalue weighted by atomic mass is 16.5. The lowest BCUT2D eigenvalue weighted by molar-refractivity contribution is 0.220. The van der Waals surface area contributed by atoms with Gasteiger partial charge in [-0.25, -0.2) is 0 Å². The largest absolute Gasteiger partial charge is 0.490 e. The maximum absolute atomic E-state index is 5.78. The van der Waals surface area contributed by atoms with E-state index >= 15 is 0 Å². The molecule has 0 spiro atoms. The van der Waals surface area contributed by atoms with E-state index in [2.05, 4.69) is 26.7 Å². The number of aryl methyl sites for hydroxylation is 1. The number of nitrogens with zero attached hydrogens (tertiary/aromatic N) is 2. The second-order valence-electron chi connectivity index (χ2n) is 5.62. The average Bonchev–Trinajstić information content (AvgIpc) is 2.60. The van der Waals surface area contributed by atoms with Crippen molar-refractivity contribution in [1.82, 2.24) is 20.6 Å². The SMILES string of the molecule is c1cncc(CCC2CNCC(COc3cccnc3)N2)c1. The van der Waals surface area contributed by atoms with Gasteiger partial charge in [-0.05, 0) is 36.6 Å². The Morgan fingerprint density at radius 3 is 2.64 bits per heavy atom. The van der Waals surface area contributed by atoms with Gasteiger partial charge in [0.25, 0.3) is 0 Å². The summed E-state index contributed by atoms with van der Waals surface area (Å²) in [4.78, 5) is 8.22. The first-order valence-corrected chi connectivity index (χ1v) is 7.78. The van der Waals surface area contributed by atoms with Crippen molar-refractivity contribution in [3.63, 3.8) is 0 Å². The van der Waals surface area contributed by atoms with E-state index in [4.69, 9.17) is 4.74 Å². The normalized spacial score (nSPS) is 21.5. The third-order valence-corrected chi connectivity index (χ3v) is 3.84. The molecule has 116 valence electrons. The molecule has 22 heavy (non-hydrogen) atoms. The summed E-state index contributed by atoms with van der Waals surface area (Å²) >= 11 is 0. The van der Waals surface area contributed by atoms with Gasteiger partial charge in [0.1, 0.15) is 12.4 Å². The van der Waals surface area contributed by atoms with E-state index < -0.39 is 0 Å². The van der Waals surface area contributed by atoms with E-state index in [0.29, 0.717) is 18.7 Å². The molecular formula is C17H22N4O. The van der Waals surface area contributed by atoms with Gasteiger partial charge in [-0.1, -0.05) is 6.07 Å². The predicted octanol–water partition coefficient (Wildman–Crippen LogP) is 1.42. The molecule has 0 aromatic carbocycles. The molecular weight excluding hydrogens is 276 g/mol. The van der Waals surface area contributed by atoms with Crippen molar-refractivity contribution < 1.29 is 4.74 Å². The van der Waals surface area contributed by atoms with Crippen LogP contribution in [0.5, 0.6) is 5.75 Å². The smallest absolute Gasteiger partial charge is 0.137 e. The Morgan fingerprint density at radius 1 is 1.05 bits per heavy atom. The van der Waals surface area contributed by atoms with Gasteiger partial charge in [0, 0.05) is 37.7 Å². The number of hydrogen-bond acceptors (Lipinski definition) is 5. The van der Waals surface area contributed by atoms with Gasteiger partial charge in [-0.2, -0.15) is 0 Å². The summed E-state index contributed by atoms with van der Waals surface area (Å²) in [5.41, 5.74) is 1.29. The summed E-state index contributed by atoms with van der Waals surface area (Å²) in [6, 6.07) is 8.74. The Labute approximate surface area is 131 Å². The molecule has 5 nitrogen and oxygen atoms in total. The topological polar surface area (TPSA) is 59.1 Å². The Morgan fingerprint density at radius 2 is 1.86 bits per heavy atom. The van der Waals surface area contributed by atoms with Crippen LogP contribution in [0.2, 0.25) is 0 Å². The Balaban J connectivity index is 1.43. The summed E-state index contributed by atoms with van der Waals surface area (Å²) in [5.74, 6) is 0.821. The van der Waals surface area contributed by atoms with E-state index in [1.54, 1.807) is 12.4 Å². The Kier molecular flexibility index (Phi) is 5.34. The first-order chi connectivity index (χ1) is 10.9. The second kappa shape index (κ2) is 7.87. The van der Waals surface area contributed by atoms with E-state index in [-0.39, 0.29) is 0 Å². The van der Waals surface area contributed by atoms with Crippen LogP contribution < -0.4 is 15.4 Å². The van der Waals surface area contributed by atoms with Gasteiger partial charge in [0.15, 0.2) is 0 Å². The fourth-order valence-electron chi connectivity index (χ4n) is 2.69. The third kappa shape index (κ3) is 4.51. The van der Waals surface area contributed by atoms with Crippen LogP contribution in [0.4, 0.5) is 0 Å². The molecule has 0 saturated carbocycles. The van der Waals surface area contributed by atoms with E-state index in [9.17, 15) is 0 Å². The van der Waals surface area contributed by atoms with Gasteiger partial charge in [0.05, 0.1) is 12.2 Å². The monoisotopic (exact) mass is 298 g/mol. The third-order valence-electron chi connectivity index (χ3n) is 3.84. The number of nitrogens with one attached hydrogen (secondary N) is 2. The molecule has 0 radical (unpaired) electrons. The number of piperazine rings is 1. The van der Waals surface area contributed by atoms with Gasteiger partial charge >= 0.3 is 0 Å². The average molecular weight is 298 g/mol. The lowest BCUT2D eigenvalue weighted by Gasteiger charge is -2.31. The van der Waals surface area contributed by atoms with Gasteiger partial charge in [-0.15, -0.1) is 0 Å². The summed E-state index contributed by atoms with van der Waals surface area (Å²) in [6.07, 6.45) is 9.40. The van der Waals surface area contributed by atoms with Crippen LogP contribution in [-0.2, 0) is 6.42 Å². The zero-order chi connectivity index (χ0) is 15.0. The molecule has 1 fully saturated rings. The molecule has 3 heterocycles. The van der Waals surface area contributed by atoms with Crippen LogP contribution in [-0.4, -0.2) is 41.7 Å². The van der Waals surface area contributed by atoms with E-state index in [1.165, 1.54) is 5.56 Å². The van der Waals surface area contributed by atoms with Crippen molar-refractivity contribution in [3.8, 4) is 5.75 Å². The van der Waals surface area contributed by atoms with Crippen molar-refractivity contribution in [3.05, 3.63) is 54.6 Å².